The Labute approximate surface area is 129 Å². The van der Waals surface area contributed by atoms with Crippen molar-refractivity contribution in [3.8, 4) is 0 Å². The van der Waals surface area contributed by atoms with E-state index in [-0.39, 0.29) is 10.9 Å². The van der Waals surface area contributed by atoms with Gasteiger partial charge < -0.3 is 4.52 Å². The van der Waals surface area contributed by atoms with Crippen LogP contribution in [-0.4, -0.2) is 34.2 Å². The van der Waals surface area contributed by atoms with Crippen molar-refractivity contribution in [2.75, 3.05) is 6.54 Å². The van der Waals surface area contributed by atoms with E-state index < -0.39 is 10.0 Å². The standard InChI is InChI=1S/C14H20N4O3S/c1-10-14(11(2)21-16-10)22(19,20)18-9-5-4-6-13(18)12-7-8-15-17(12)3/h7-8,13H,4-6,9H2,1-3H3. The van der Waals surface area contributed by atoms with Gasteiger partial charge in [-0.05, 0) is 32.8 Å². The SMILES string of the molecule is Cc1noc(C)c1S(=O)(=O)N1CCCCC1c1ccnn1C. The van der Waals surface area contributed by atoms with Crippen molar-refractivity contribution in [1.29, 1.82) is 0 Å². The third-order valence-electron chi connectivity index (χ3n) is 4.19. The summed E-state index contributed by atoms with van der Waals surface area (Å²) in [5.41, 5.74) is 1.32. The zero-order valence-corrected chi connectivity index (χ0v) is 13.8. The molecule has 8 heteroatoms. The number of sulfonamides is 1. The summed E-state index contributed by atoms with van der Waals surface area (Å²) in [6.45, 7) is 3.80. The van der Waals surface area contributed by atoms with Crippen LogP contribution in [0.5, 0.6) is 0 Å². The Kier molecular flexibility index (Phi) is 3.82. The lowest BCUT2D eigenvalue weighted by Gasteiger charge is -2.34. The largest absolute Gasteiger partial charge is 0.360 e. The molecule has 0 saturated carbocycles. The molecule has 0 aromatic carbocycles. The molecule has 1 unspecified atom stereocenters. The first kappa shape index (κ1) is 15.2. The molecule has 0 radical (unpaired) electrons. The molecular formula is C14H20N4O3S. The Morgan fingerprint density at radius 2 is 2.09 bits per heavy atom. The zero-order valence-electron chi connectivity index (χ0n) is 13.0. The van der Waals surface area contributed by atoms with E-state index in [9.17, 15) is 8.42 Å². The predicted octanol–water partition coefficient (Wildman–Crippen LogP) is 1.94. The Bertz CT molecular complexity index is 758. The van der Waals surface area contributed by atoms with Crippen LogP contribution in [0.25, 0.3) is 0 Å². The monoisotopic (exact) mass is 324 g/mol. The van der Waals surface area contributed by atoms with Crippen molar-refractivity contribution >= 4 is 10.0 Å². The van der Waals surface area contributed by atoms with Gasteiger partial charge in [0.1, 0.15) is 10.6 Å². The first-order valence-electron chi connectivity index (χ1n) is 7.35. The lowest BCUT2D eigenvalue weighted by Crippen LogP contribution is -2.39. The molecule has 0 amide bonds. The molecule has 1 atom stereocenters. The summed E-state index contributed by atoms with van der Waals surface area (Å²) in [6.07, 6.45) is 4.35. The molecule has 2 aromatic heterocycles. The highest BCUT2D eigenvalue weighted by Crippen LogP contribution is 2.36. The first-order valence-corrected chi connectivity index (χ1v) is 8.79. The van der Waals surface area contributed by atoms with Crippen molar-refractivity contribution in [3.63, 3.8) is 0 Å². The zero-order chi connectivity index (χ0) is 15.9. The van der Waals surface area contributed by atoms with Crippen LogP contribution < -0.4 is 0 Å². The molecule has 2 aromatic rings. The molecular weight excluding hydrogens is 304 g/mol. The molecule has 0 spiro atoms. The van der Waals surface area contributed by atoms with Gasteiger partial charge in [-0.3, -0.25) is 4.68 Å². The second kappa shape index (κ2) is 5.51. The summed E-state index contributed by atoms with van der Waals surface area (Å²) in [5.74, 6) is 0.340. The van der Waals surface area contributed by atoms with Crippen LogP contribution >= 0.6 is 0 Å². The Morgan fingerprint density at radius 3 is 2.68 bits per heavy atom. The van der Waals surface area contributed by atoms with Gasteiger partial charge in [0.25, 0.3) is 0 Å². The van der Waals surface area contributed by atoms with Gasteiger partial charge in [-0.15, -0.1) is 0 Å². The van der Waals surface area contributed by atoms with Crippen molar-refractivity contribution in [2.45, 2.75) is 44.0 Å². The van der Waals surface area contributed by atoms with Gasteiger partial charge in [0.15, 0.2) is 5.76 Å². The molecule has 0 bridgehead atoms. The summed E-state index contributed by atoms with van der Waals surface area (Å²) in [6, 6.07) is 1.69. The lowest BCUT2D eigenvalue weighted by molar-refractivity contribution is 0.245. The summed E-state index contributed by atoms with van der Waals surface area (Å²) < 4.78 is 34.6. The second-order valence-electron chi connectivity index (χ2n) is 5.66. The van der Waals surface area contributed by atoms with Gasteiger partial charge in [-0.2, -0.15) is 9.40 Å². The molecule has 1 aliphatic rings. The first-order chi connectivity index (χ1) is 10.4. The number of aromatic nitrogens is 3. The number of nitrogens with zero attached hydrogens (tertiary/aromatic N) is 4. The highest BCUT2D eigenvalue weighted by atomic mass is 32.2. The molecule has 120 valence electrons. The van der Waals surface area contributed by atoms with Crippen molar-refractivity contribution in [2.24, 2.45) is 7.05 Å². The third-order valence-corrected chi connectivity index (χ3v) is 6.34. The van der Waals surface area contributed by atoms with E-state index in [0.717, 1.165) is 25.0 Å². The van der Waals surface area contributed by atoms with Crippen LogP contribution in [0.3, 0.4) is 0 Å². The molecule has 3 heterocycles. The highest BCUT2D eigenvalue weighted by molar-refractivity contribution is 7.89. The molecule has 3 rings (SSSR count). The summed E-state index contributed by atoms with van der Waals surface area (Å²) in [5, 5.41) is 7.95. The Morgan fingerprint density at radius 1 is 1.32 bits per heavy atom. The molecule has 1 aliphatic heterocycles. The molecule has 0 N–H and O–H groups in total. The maximum Gasteiger partial charge on any atom is 0.249 e. The predicted molar refractivity (Wildman–Crippen MR) is 79.7 cm³/mol. The van der Waals surface area contributed by atoms with Crippen LogP contribution in [-0.2, 0) is 17.1 Å². The minimum absolute atomic E-state index is 0.194. The van der Waals surface area contributed by atoms with E-state index >= 15 is 0 Å². The normalized spacial score (nSPS) is 20.4. The topological polar surface area (TPSA) is 81.2 Å². The smallest absolute Gasteiger partial charge is 0.249 e. The van der Waals surface area contributed by atoms with Crippen LogP contribution in [0.15, 0.2) is 21.7 Å². The third kappa shape index (κ3) is 2.36. The average molecular weight is 324 g/mol. The Balaban J connectivity index is 2.06. The van der Waals surface area contributed by atoms with E-state index in [1.165, 1.54) is 0 Å². The van der Waals surface area contributed by atoms with E-state index in [1.54, 1.807) is 29.0 Å². The van der Waals surface area contributed by atoms with Gasteiger partial charge in [0.05, 0.1) is 11.7 Å². The second-order valence-corrected chi connectivity index (χ2v) is 7.49. The van der Waals surface area contributed by atoms with Gasteiger partial charge in [0, 0.05) is 19.8 Å². The molecule has 22 heavy (non-hydrogen) atoms. The van der Waals surface area contributed by atoms with Crippen LogP contribution in [0.2, 0.25) is 0 Å². The lowest BCUT2D eigenvalue weighted by atomic mass is 10.0. The minimum atomic E-state index is -3.64. The molecule has 0 aliphatic carbocycles. The number of rotatable bonds is 3. The van der Waals surface area contributed by atoms with Crippen LogP contribution in [0, 0.1) is 13.8 Å². The Hall–Kier alpha value is -1.67. The van der Waals surface area contributed by atoms with Gasteiger partial charge in [0.2, 0.25) is 10.0 Å². The fourth-order valence-corrected chi connectivity index (χ4v) is 5.12. The van der Waals surface area contributed by atoms with E-state index in [4.69, 9.17) is 4.52 Å². The van der Waals surface area contributed by atoms with E-state index in [2.05, 4.69) is 10.3 Å². The van der Waals surface area contributed by atoms with Gasteiger partial charge in [-0.25, -0.2) is 8.42 Å². The van der Waals surface area contributed by atoms with Crippen molar-refractivity contribution in [1.82, 2.24) is 19.2 Å². The van der Waals surface area contributed by atoms with E-state index in [0.29, 0.717) is 18.0 Å². The molecule has 7 nitrogen and oxygen atoms in total. The summed E-state index contributed by atoms with van der Waals surface area (Å²) in [7, 11) is -1.80. The van der Waals surface area contributed by atoms with Crippen LogP contribution in [0.1, 0.15) is 42.5 Å². The maximum absolute atomic E-state index is 13.1. The molecule has 1 fully saturated rings. The molecule has 1 saturated heterocycles. The van der Waals surface area contributed by atoms with Gasteiger partial charge in [-0.1, -0.05) is 11.6 Å². The maximum atomic E-state index is 13.1. The highest BCUT2D eigenvalue weighted by Gasteiger charge is 2.38. The number of piperidine rings is 1. The quantitative estimate of drug-likeness (QED) is 0.862. The van der Waals surface area contributed by atoms with Crippen molar-refractivity contribution < 1.29 is 12.9 Å². The number of hydrogen-bond acceptors (Lipinski definition) is 5. The van der Waals surface area contributed by atoms with E-state index in [1.807, 2.05) is 13.1 Å². The summed E-state index contributed by atoms with van der Waals surface area (Å²) >= 11 is 0. The van der Waals surface area contributed by atoms with Crippen molar-refractivity contribution in [3.05, 3.63) is 29.4 Å². The number of hydrogen-bond donors (Lipinski definition) is 0. The average Bonchev–Trinajstić information content (AvgIpc) is 3.05. The van der Waals surface area contributed by atoms with Gasteiger partial charge >= 0.3 is 0 Å². The fraction of sp³-hybridized carbons (Fsp3) is 0.571. The fourth-order valence-electron chi connectivity index (χ4n) is 3.16. The van der Waals surface area contributed by atoms with Crippen LogP contribution in [0.4, 0.5) is 0 Å². The minimum Gasteiger partial charge on any atom is -0.360 e. The summed E-state index contributed by atoms with van der Waals surface area (Å²) in [4.78, 5) is 0.196. The number of aryl methyl sites for hydroxylation is 3.